The van der Waals surface area contributed by atoms with Crippen LogP contribution in [0.5, 0.6) is 11.5 Å². The Kier molecular flexibility index (Phi) is 7.48. The lowest BCUT2D eigenvalue weighted by atomic mass is 9.85. The zero-order chi connectivity index (χ0) is 22.4. The molecule has 2 aliphatic rings. The molecule has 5 nitrogen and oxygen atoms in total. The van der Waals surface area contributed by atoms with Gasteiger partial charge in [-0.2, -0.15) is 0 Å². The topological polar surface area (TPSA) is 54.3 Å². The molecule has 0 saturated carbocycles. The SMILES string of the molecule is CC(C)C1CC=NC1(COc1ccc(CCN2CCC(O)CC2)cc1)Oc1ccccc1. The third-order valence-corrected chi connectivity index (χ3v) is 6.73. The third-order valence-electron chi connectivity index (χ3n) is 6.73. The van der Waals surface area contributed by atoms with Crippen LogP contribution >= 0.6 is 0 Å². The second kappa shape index (κ2) is 10.5. The van der Waals surface area contributed by atoms with Crippen LogP contribution in [0.3, 0.4) is 0 Å². The predicted molar refractivity (Wildman–Crippen MR) is 129 cm³/mol. The Morgan fingerprint density at radius 2 is 1.75 bits per heavy atom. The van der Waals surface area contributed by atoms with E-state index in [1.165, 1.54) is 5.56 Å². The van der Waals surface area contributed by atoms with Crippen molar-refractivity contribution in [1.82, 2.24) is 4.90 Å². The number of rotatable bonds is 9. The highest BCUT2D eigenvalue weighted by Gasteiger charge is 2.46. The quantitative estimate of drug-likeness (QED) is 0.625. The monoisotopic (exact) mass is 436 g/mol. The van der Waals surface area contributed by atoms with Gasteiger partial charge in [-0.05, 0) is 61.4 Å². The van der Waals surface area contributed by atoms with Crippen molar-refractivity contribution in [3.63, 3.8) is 0 Å². The zero-order valence-electron chi connectivity index (χ0n) is 19.3. The lowest BCUT2D eigenvalue weighted by molar-refractivity contribution is -0.0282. The largest absolute Gasteiger partial charge is 0.487 e. The molecular formula is C27H36N2O3. The molecule has 2 aliphatic heterocycles. The molecule has 2 heterocycles. The fourth-order valence-electron chi connectivity index (χ4n) is 4.73. The molecule has 0 spiro atoms. The average molecular weight is 437 g/mol. The second-order valence-corrected chi connectivity index (χ2v) is 9.41. The minimum atomic E-state index is -0.701. The van der Waals surface area contributed by atoms with E-state index in [2.05, 4.69) is 43.0 Å². The van der Waals surface area contributed by atoms with Crippen LogP contribution in [0.1, 0.15) is 38.7 Å². The molecule has 4 rings (SSSR count). The molecule has 0 aromatic heterocycles. The zero-order valence-corrected chi connectivity index (χ0v) is 19.3. The van der Waals surface area contributed by atoms with Crippen LogP contribution in [0.25, 0.3) is 0 Å². The highest BCUT2D eigenvalue weighted by Crippen LogP contribution is 2.38. The Hall–Kier alpha value is -2.37. The van der Waals surface area contributed by atoms with Gasteiger partial charge in [-0.15, -0.1) is 0 Å². The minimum absolute atomic E-state index is 0.114. The normalized spacial score (nSPS) is 24.2. The molecule has 2 atom stereocenters. The van der Waals surface area contributed by atoms with E-state index in [0.29, 0.717) is 12.5 Å². The van der Waals surface area contributed by atoms with Crippen molar-refractivity contribution >= 4 is 6.21 Å². The van der Waals surface area contributed by atoms with E-state index in [1.807, 2.05) is 36.5 Å². The third kappa shape index (κ3) is 5.70. The van der Waals surface area contributed by atoms with Crippen LogP contribution in [0.2, 0.25) is 0 Å². The second-order valence-electron chi connectivity index (χ2n) is 9.41. The molecular weight excluding hydrogens is 400 g/mol. The van der Waals surface area contributed by atoms with Crippen LogP contribution in [0.4, 0.5) is 0 Å². The van der Waals surface area contributed by atoms with E-state index in [0.717, 1.165) is 56.8 Å². The van der Waals surface area contributed by atoms with E-state index in [1.54, 1.807) is 0 Å². The smallest absolute Gasteiger partial charge is 0.236 e. The van der Waals surface area contributed by atoms with Crippen molar-refractivity contribution in [2.75, 3.05) is 26.2 Å². The highest BCUT2D eigenvalue weighted by atomic mass is 16.6. The Labute approximate surface area is 192 Å². The Morgan fingerprint density at radius 3 is 2.44 bits per heavy atom. The summed E-state index contributed by atoms with van der Waals surface area (Å²) in [5.41, 5.74) is 0.602. The van der Waals surface area contributed by atoms with Gasteiger partial charge in [0.2, 0.25) is 5.72 Å². The van der Waals surface area contributed by atoms with Crippen LogP contribution in [0.15, 0.2) is 59.6 Å². The summed E-state index contributed by atoms with van der Waals surface area (Å²) in [5, 5.41) is 9.66. The van der Waals surface area contributed by atoms with Gasteiger partial charge in [0, 0.05) is 31.8 Å². The number of ether oxygens (including phenoxy) is 2. The summed E-state index contributed by atoms with van der Waals surface area (Å²) in [6, 6.07) is 18.3. The van der Waals surface area contributed by atoms with Gasteiger partial charge in [0.15, 0.2) is 0 Å². The molecule has 0 aliphatic carbocycles. The molecule has 172 valence electrons. The van der Waals surface area contributed by atoms with Gasteiger partial charge >= 0.3 is 0 Å². The number of benzene rings is 2. The maximum atomic E-state index is 9.66. The van der Waals surface area contributed by atoms with E-state index >= 15 is 0 Å². The summed E-state index contributed by atoms with van der Waals surface area (Å²) in [6.45, 7) is 7.84. The molecule has 2 unspecified atom stereocenters. The summed E-state index contributed by atoms with van der Waals surface area (Å²) < 4.78 is 12.7. The van der Waals surface area contributed by atoms with Crippen molar-refractivity contribution in [2.45, 2.75) is 51.4 Å². The lowest BCUT2D eigenvalue weighted by Crippen LogP contribution is -2.47. The molecule has 32 heavy (non-hydrogen) atoms. The van der Waals surface area contributed by atoms with Gasteiger partial charge in [-0.25, -0.2) is 4.99 Å². The first kappa shape index (κ1) is 22.8. The lowest BCUT2D eigenvalue weighted by Gasteiger charge is -2.35. The fraction of sp³-hybridized carbons (Fsp3) is 0.519. The number of nitrogens with zero attached hydrogens (tertiary/aromatic N) is 2. The van der Waals surface area contributed by atoms with Gasteiger partial charge in [0.05, 0.1) is 6.10 Å². The standard InChI is InChI=1S/C27H36N2O3/c1-21(2)26-12-16-28-27(26,32-25-6-4-3-5-7-25)20-31-24-10-8-22(9-11-24)13-17-29-18-14-23(30)15-19-29/h3-11,16,21,23,26,30H,12-15,17-20H2,1-2H3. The van der Waals surface area contributed by atoms with Crippen LogP contribution in [-0.2, 0) is 6.42 Å². The van der Waals surface area contributed by atoms with Gasteiger partial charge in [-0.1, -0.05) is 44.2 Å². The van der Waals surface area contributed by atoms with Gasteiger partial charge in [-0.3, -0.25) is 0 Å². The predicted octanol–water partition coefficient (Wildman–Crippen LogP) is 4.59. The molecule has 1 fully saturated rings. The summed E-state index contributed by atoms with van der Waals surface area (Å²) in [4.78, 5) is 7.23. The number of aliphatic hydroxyl groups excluding tert-OH is 1. The molecule has 0 bridgehead atoms. The van der Waals surface area contributed by atoms with Crippen molar-refractivity contribution in [3.05, 3.63) is 60.2 Å². The van der Waals surface area contributed by atoms with Crippen LogP contribution in [0, 0.1) is 11.8 Å². The highest BCUT2D eigenvalue weighted by molar-refractivity contribution is 5.61. The van der Waals surface area contributed by atoms with Crippen molar-refractivity contribution in [1.29, 1.82) is 0 Å². The van der Waals surface area contributed by atoms with Crippen molar-refractivity contribution < 1.29 is 14.6 Å². The van der Waals surface area contributed by atoms with E-state index in [-0.39, 0.29) is 12.0 Å². The molecule has 0 amide bonds. The van der Waals surface area contributed by atoms with E-state index in [9.17, 15) is 5.11 Å². The summed E-state index contributed by atoms with van der Waals surface area (Å²) >= 11 is 0. The van der Waals surface area contributed by atoms with Crippen molar-refractivity contribution in [2.24, 2.45) is 16.8 Å². The van der Waals surface area contributed by atoms with Gasteiger partial charge < -0.3 is 19.5 Å². The van der Waals surface area contributed by atoms with Crippen LogP contribution < -0.4 is 9.47 Å². The van der Waals surface area contributed by atoms with Gasteiger partial charge in [0.25, 0.3) is 0 Å². The number of hydrogen-bond donors (Lipinski definition) is 1. The number of hydrogen-bond acceptors (Lipinski definition) is 5. The fourth-order valence-corrected chi connectivity index (χ4v) is 4.73. The van der Waals surface area contributed by atoms with E-state index < -0.39 is 5.72 Å². The van der Waals surface area contributed by atoms with Crippen molar-refractivity contribution in [3.8, 4) is 11.5 Å². The van der Waals surface area contributed by atoms with Crippen LogP contribution in [-0.4, -0.2) is 54.3 Å². The minimum Gasteiger partial charge on any atom is -0.487 e. The number of likely N-dealkylation sites (tertiary alicyclic amines) is 1. The molecule has 1 N–H and O–H groups in total. The first-order valence-electron chi connectivity index (χ1n) is 11.9. The Bertz CT molecular complexity index is 860. The number of aliphatic imine (C=N–C) groups is 1. The summed E-state index contributed by atoms with van der Waals surface area (Å²) in [5.74, 6) is 2.37. The number of aliphatic hydroxyl groups is 1. The molecule has 5 heteroatoms. The first-order chi connectivity index (χ1) is 15.5. The molecule has 1 saturated heterocycles. The maximum absolute atomic E-state index is 9.66. The van der Waals surface area contributed by atoms with Gasteiger partial charge in [0.1, 0.15) is 18.1 Å². The number of para-hydroxylation sites is 1. The molecule has 2 aromatic carbocycles. The summed E-state index contributed by atoms with van der Waals surface area (Å²) in [7, 11) is 0. The Balaban J connectivity index is 1.36. The van der Waals surface area contributed by atoms with E-state index in [4.69, 9.17) is 14.5 Å². The number of piperidine rings is 1. The maximum Gasteiger partial charge on any atom is 0.236 e. The first-order valence-corrected chi connectivity index (χ1v) is 11.9. The average Bonchev–Trinajstić information content (AvgIpc) is 3.23. The molecule has 2 aromatic rings. The Morgan fingerprint density at radius 1 is 1.03 bits per heavy atom. The molecule has 0 radical (unpaired) electrons. The summed E-state index contributed by atoms with van der Waals surface area (Å²) in [6.07, 6.45) is 5.56.